The third-order valence-corrected chi connectivity index (χ3v) is 2.91. The van der Waals surface area contributed by atoms with E-state index in [1.165, 1.54) is 0 Å². The maximum Gasteiger partial charge on any atom is 0.171 e. The molecule has 1 aromatic heterocycles. The van der Waals surface area contributed by atoms with Crippen LogP contribution in [0.25, 0.3) is 0 Å². The van der Waals surface area contributed by atoms with Gasteiger partial charge in [-0.15, -0.1) is 0 Å². The molecule has 2 rings (SSSR count). The number of hydrogen-bond donors (Lipinski definition) is 0. The molecule has 1 aromatic rings. The van der Waals surface area contributed by atoms with E-state index in [-0.39, 0.29) is 6.10 Å². The Bertz CT molecular complexity index is 334. The van der Waals surface area contributed by atoms with E-state index in [1.807, 2.05) is 0 Å². The van der Waals surface area contributed by atoms with Crippen molar-refractivity contribution >= 4 is 17.4 Å². The highest BCUT2D eigenvalue weighted by Gasteiger charge is 2.22. The number of anilines is 1. The standard InChI is InChI=1S/C10H14ClN3O/c1-15-8-3-2-6-14(7-8)10-9(11)12-4-5-13-10/h4-5,8H,2-3,6-7H2,1H3/t8-/m0/s1. The number of ether oxygens (including phenoxy) is 1. The second-order valence-electron chi connectivity index (χ2n) is 3.62. The average Bonchev–Trinajstić information content (AvgIpc) is 2.30. The average molecular weight is 228 g/mol. The Kier molecular flexibility index (Phi) is 3.38. The van der Waals surface area contributed by atoms with Crippen molar-refractivity contribution in [2.45, 2.75) is 18.9 Å². The van der Waals surface area contributed by atoms with Gasteiger partial charge < -0.3 is 9.64 Å². The highest BCUT2D eigenvalue weighted by Crippen LogP contribution is 2.24. The normalized spacial score (nSPS) is 21.7. The molecular formula is C10H14ClN3O. The number of hydrogen-bond acceptors (Lipinski definition) is 4. The van der Waals surface area contributed by atoms with Crippen molar-refractivity contribution in [3.63, 3.8) is 0 Å². The molecule has 0 aliphatic carbocycles. The first kappa shape index (κ1) is 10.6. The van der Waals surface area contributed by atoms with E-state index in [9.17, 15) is 0 Å². The van der Waals surface area contributed by atoms with Gasteiger partial charge in [-0.05, 0) is 12.8 Å². The van der Waals surface area contributed by atoms with Crippen molar-refractivity contribution < 1.29 is 4.74 Å². The van der Waals surface area contributed by atoms with Gasteiger partial charge >= 0.3 is 0 Å². The van der Waals surface area contributed by atoms with Gasteiger partial charge in [-0.2, -0.15) is 0 Å². The summed E-state index contributed by atoms with van der Waals surface area (Å²) in [6.07, 6.45) is 5.74. The number of halogens is 1. The molecule has 1 aliphatic heterocycles. The predicted octanol–water partition coefficient (Wildman–Crippen LogP) is 1.75. The fourth-order valence-corrected chi connectivity index (χ4v) is 2.07. The quantitative estimate of drug-likeness (QED) is 0.772. The first-order valence-corrected chi connectivity index (χ1v) is 5.43. The van der Waals surface area contributed by atoms with Gasteiger partial charge in [0, 0.05) is 32.6 Å². The zero-order valence-electron chi connectivity index (χ0n) is 8.69. The van der Waals surface area contributed by atoms with Gasteiger partial charge in [-0.1, -0.05) is 11.6 Å². The second kappa shape index (κ2) is 4.77. The summed E-state index contributed by atoms with van der Waals surface area (Å²) in [5.74, 6) is 0.765. The van der Waals surface area contributed by atoms with E-state index in [0.29, 0.717) is 5.15 Å². The van der Waals surface area contributed by atoms with Crippen molar-refractivity contribution in [2.75, 3.05) is 25.1 Å². The molecular weight excluding hydrogens is 214 g/mol. The first-order valence-electron chi connectivity index (χ1n) is 5.05. The Balaban J connectivity index is 2.13. The van der Waals surface area contributed by atoms with E-state index >= 15 is 0 Å². The minimum absolute atomic E-state index is 0.275. The van der Waals surface area contributed by atoms with Crippen LogP contribution in [-0.4, -0.2) is 36.3 Å². The van der Waals surface area contributed by atoms with Crippen molar-refractivity contribution in [2.24, 2.45) is 0 Å². The maximum absolute atomic E-state index is 5.99. The molecule has 1 saturated heterocycles. The van der Waals surface area contributed by atoms with Gasteiger partial charge in [0.1, 0.15) is 0 Å². The van der Waals surface area contributed by atoms with Crippen LogP contribution in [0.15, 0.2) is 12.4 Å². The SMILES string of the molecule is CO[C@H]1CCCN(c2nccnc2Cl)C1. The molecule has 1 aliphatic rings. The Morgan fingerprint density at radius 1 is 1.47 bits per heavy atom. The van der Waals surface area contributed by atoms with Crippen LogP contribution in [0, 0.1) is 0 Å². The fraction of sp³-hybridized carbons (Fsp3) is 0.600. The van der Waals surface area contributed by atoms with E-state index in [0.717, 1.165) is 31.7 Å². The number of nitrogens with zero attached hydrogens (tertiary/aromatic N) is 3. The van der Waals surface area contributed by atoms with Crippen molar-refractivity contribution in [1.29, 1.82) is 0 Å². The Hall–Kier alpha value is -0.870. The molecule has 0 amide bonds. The van der Waals surface area contributed by atoms with Gasteiger partial charge in [0.05, 0.1) is 6.10 Å². The lowest BCUT2D eigenvalue weighted by Crippen LogP contribution is -2.39. The van der Waals surface area contributed by atoms with E-state index in [4.69, 9.17) is 16.3 Å². The van der Waals surface area contributed by atoms with Crippen molar-refractivity contribution in [3.8, 4) is 0 Å². The molecule has 0 saturated carbocycles. The number of piperidine rings is 1. The second-order valence-corrected chi connectivity index (χ2v) is 3.97. The van der Waals surface area contributed by atoms with Crippen LogP contribution in [0.3, 0.4) is 0 Å². The monoisotopic (exact) mass is 227 g/mol. The van der Waals surface area contributed by atoms with E-state index < -0.39 is 0 Å². The molecule has 1 fully saturated rings. The molecule has 0 aromatic carbocycles. The van der Waals surface area contributed by atoms with Crippen LogP contribution in [0.4, 0.5) is 5.82 Å². The smallest absolute Gasteiger partial charge is 0.171 e. The molecule has 2 heterocycles. The van der Waals surface area contributed by atoms with Crippen LogP contribution >= 0.6 is 11.6 Å². The third-order valence-electron chi connectivity index (χ3n) is 2.65. The van der Waals surface area contributed by atoms with Gasteiger partial charge in [0.25, 0.3) is 0 Å². The number of aromatic nitrogens is 2. The topological polar surface area (TPSA) is 38.2 Å². The summed E-state index contributed by atoms with van der Waals surface area (Å²) in [5.41, 5.74) is 0. The highest BCUT2D eigenvalue weighted by atomic mass is 35.5. The molecule has 1 atom stereocenters. The van der Waals surface area contributed by atoms with Crippen LogP contribution in [0.2, 0.25) is 5.15 Å². The molecule has 0 N–H and O–H groups in total. The number of rotatable bonds is 2. The lowest BCUT2D eigenvalue weighted by atomic mass is 10.1. The van der Waals surface area contributed by atoms with Gasteiger partial charge in [0.2, 0.25) is 0 Å². The van der Waals surface area contributed by atoms with Crippen molar-refractivity contribution in [3.05, 3.63) is 17.5 Å². The Morgan fingerprint density at radius 2 is 2.27 bits per heavy atom. The molecule has 15 heavy (non-hydrogen) atoms. The third kappa shape index (κ3) is 2.38. The zero-order chi connectivity index (χ0) is 10.7. The minimum Gasteiger partial charge on any atom is -0.380 e. The van der Waals surface area contributed by atoms with Crippen LogP contribution in [-0.2, 0) is 4.74 Å². The maximum atomic E-state index is 5.99. The molecule has 4 nitrogen and oxygen atoms in total. The van der Waals surface area contributed by atoms with Crippen LogP contribution in [0.5, 0.6) is 0 Å². The summed E-state index contributed by atoms with van der Waals surface area (Å²) < 4.78 is 5.35. The van der Waals surface area contributed by atoms with E-state index in [1.54, 1.807) is 19.5 Å². The van der Waals surface area contributed by atoms with Crippen LogP contribution < -0.4 is 4.90 Å². The Morgan fingerprint density at radius 3 is 3.00 bits per heavy atom. The summed E-state index contributed by atoms with van der Waals surface area (Å²) in [6.45, 7) is 1.81. The largest absolute Gasteiger partial charge is 0.380 e. The first-order chi connectivity index (χ1) is 7.31. The fourth-order valence-electron chi connectivity index (χ4n) is 1.85. The molecule has 0 unspecified atom stereocenters. The van der Waals surface area contributed by atoms with E-state index in [2.05, 4.69) is 14.9 Å². The summed E-state index contributed by atoms with van der Waals surface area (Å²) in [7, 11) is 1.74. The van der Waals surface area contributed by atoms with Crippen LogP contribution in [0.1, 0.15) is 12.8 Å². The molecule has 0 radical (unpaired) electrons. The molecule has 0 spiro atoms. The van der Waals surface area contributed by atoms with Crippen molar-refractivity contribution in [1.82, 2.24) is 9.97 Å². The zero-order valence-corrected chi connectivity index (χ0v) is 9.44. The minimum atomic E-state index is 0.275. The lowest BCUT2D eigenvalue weighted by Gasteiger charge is -2.32. The molecule has 0 bridgehead atoms. The molecule has 82 valence electrons. The lowest BCUT2D eigenvalue weighted by molar-refractivity contribution is 0.0891. The predicted molar refractivity (Wildman–Crippen MR) is 59.3 cm³/mol. The Labute approximate surface area is 94.2 Å². The summed E-state index contributed by atoms with van der Waals surface area (Å²) in [6, 6.07) is 0. The van der Waals surface area contributed by atoms with Gasteiger partial charge in [-0.3, -0.25) is 0 Å². The van der Waals surface area contributed by atoms with Gasteiger partial charge in [-0.25, -0.2) is 9.97 Å². The number of methoxy groups -OCH3 is 1. The summed E-state index contributed by atoms with van der Waals surface area (Å²) in [5, 5.41) is 0.467. The molecule has 5 heteroatoms. The van der Waals surface area contributed by atoms with Gasteiger partial charge in [0.15, 0.2) is 11.0 Å². The summed E-state index contributed by atoms with van der Waals surface area (Å²) in [4.78, 5) is 10.4. The highest BCUT2D eigenvalue weighted by molar-refractivity contribution is 6.31. The summed E-state index contributed by atoms with van der Waals surface area (Å²) >= 11 is 5.99.